The summed E-state index contributed by atoms with van der Waals surface area (Å²) in [6.45, 7) is 3.04. The van der Waals surface area contributed by atoms with E-state index in [4.69, 9.17) is 14.2 Å². The third kappa shape index (κ3) is 6.74. The van der Waals surface area contributed by atoms with Crippen molar-refractivity contribution in [1.82, 2.24) is 59.5 Å². The Bertz CT molecular complexity index is 1810. The molecule has 0 amide bonds. The number of aromatic nitrogens is 12. The van der Waals surface area contributed by atoms with E-state index in [0.29, 0.717) is 35.6 Å². The molecule has 21 heteroatoms. The van der Waals surface area contributed by atoms with Gasteiger partial charge in [-0.1, -0.05) is 0 Å². The van der Waals surface area contributed by atoms with Crippen LogP contribution >= 0.6 is 0 Å². The summed E-state index contributed by atoms with van der Waals surface area (Å²) in [5, 5.41) is 44.9. The summed E-state index contributed by atoms with van der Waals surface area (Å²) in [5.41, 5.74) is -1.48. The number of nitrogens with zero attached hydrogens (tertiary/aromatic N) is 10. The molecule has 4 aromatic heterocycles. The fourth-order valence-electron chi connectivity index (χ4n) is 5.61. The normalized spacial score (nSPS) is 24.3. The SMILES string of the molecule is Cc1cn([C@H]2C[C@H](n3nnc(CCOCCc4nnn([C@H]5C[C@H](n6cc(C)c(=O)[nH]c6=O)O[C@@H]5CO)n4)n3)[C@@H](CO)O2)c(=O)[nH]c1=O. The first kappa shape index (κ1) is 32.2. The molecule has 0 aromatic carbocycles. The maximum atomic E-state index is 12.3. The van der Waals surface area contributed by atoms with Crippen LogP contribution in [0, 0.1) is 13.8 Å². The maximum Gasteiger partial charge on any atom is 0.330 e. The molecule has 0 saturated carbocycles. The van der Waals surface area contributed by atoms with Crippen molar-refractivity contribution in [1.29, 1.82) is 0 Å². The van der Waals surface area contributed by atoms with Gasteiger partial charge in [0.15, 0.2) is 11.6 Å². The highest BCUT2D eigenvalue weighted by Gasteiger charge is 2.40. The molecule has 4 N–H and O–H groups in total. The highest BCUT2D eigenvalue weighted by Crippen LogP contribution is 2.36. The number of aliphatic hydroxyl groups is 2. The van der Waals surface area contributed by atoms with Gasteiger partial charge in [-0.05, 0) is 24.3 Å². The molecule has 6 atom stereocenters. The zero-order valence-corrected chi connectivity index (χ0v) is 25.5. The lowest BCUT2D eigenvalue weighted by Gasteiger charge is -2.15. The highest BCUT2D eigenvalue weighted by molar-refractivity contribution is 5.03. The van der Waals surface area contributed by atoms with E-state index in [1.165, 1.54) is 31.1 Å². The topological polar surface area (TPSA) is 265 Å². The lowest BCUT2D eigenvalue weighted by atomic mass is 10.1. The van der Waals surface area contributed by atoms with Crippen molar-refractivity contribution in [2.45, 2.75) is 76.3 Å². The van der Waals surface area contributed by atoms with Gasteiger partial charge in [0, 0.05) is 49.2 Å². The first-order chi connectivity index (χ1) is 22.6. The second-order valence-corrected chi connectivity index (χ2v) is 11.4. The minimum Gasteiger partial charge on any atom is -0.394 e. The molecule has 6 heterocycles. The summed E-state index contributed by atoms with van der Waals surface area (Å²) in [6.07, 6.45) is 1.24. The van der Waals surface area contributed by atoms with Gasteiger partial charge in [0.25, 0.3) is 11.1 Å². The van der Waals surface area contributed by atoms with Gasteiger partial charge in [-0.3, -0.25) is 28.7 Å². The van der Waals surface area contributed by atoms with Crippen LogP contribution in [0.25, 0.3) is 0 Å². The monoisotopic (exact) mass is 658 g/mol. The number of ether oxygens (including phenoxy) is 3. The van der Waals surface area contributed by atoms with Gasteiger partial charge < -0.3 is 24.4 Å². The van der Waals surface area contributed by atoms with Gasteiger partial charge in [-0.2, -0.15) is 9.59 Å². The van der Waals surface area contributed by atoms with Gasteiger partial charge in [0.2, 0.25) is 0 Å². The molecule has 0 aliphatic carbocycles. The predicted molar refractivity (Wildman–Crippen MR) is 155 cm³/mol. The van der Waals surface area contributed by atoms with Crippen LogP contribution in [0.4, 0.5) is 0 Å². The van der Waals surface area contributed by atoms with Crippen molar-refractivity contribution in [2.24, 2.45) is 0 Å². The molecular formula is C26H34N12O9. The molecule has 2 fully saturated rings. The molecule has 4 aromatic rings. The minimum absolute atomic E-state index is 0.272. The van der Waals surface area contributed by atoms with E-state index in [-0.39, 0.29) is 39.3 Å². The van der Waals surface area contributed by atoms with Crippen molar-refractivity contribution in [3.8, 4) is 0 Å². The third-order valence-corrected chi connectivity index (χ3v) is 8.15. The number of aliphatic hydroxyl groups excluding tert-OH is 2. The number of aryl methyl sites for hydroxylation is 2. The minimum atomic E-state index is -0.730. The van der Waals surface area contributed by atoms with E-state index in [9.17, 15) is 29.4 Å². The Balaban J connectivity index is 0.989. The van der Waals surface area contributed by atoms with Crippen molar-refractivity contribution in [3.05, 3.63) is 76.8 Å². The van der Waals surface area contributed by atoms with E-state index in [0.717, 1.165) is 0 Å². The van der Waals surface area contributed by atoms with Gasteiger partial charge in [0.1, 0.15) is 36.7 Å². The van der Waals surface area contributed by atoms with E-state index < -0.39 is 59.2 Å². The molecule has 0 bridgehead atoms. The number of rotatable bonds is 12. The van der Waals surface area contributed by atoms with Gasteiger partial charge >= 0.3 is 11.4 Å². The van der Waals surface area contributed by atoms with Crippen LogP contribution in [-0.2, 0) is 27.1 Å². The summed E-state index contributed by atoms with van der Waals surface area (Å²) in [5.74, 6) is 0.822. The fourth-order valence-corrected chi connectivity index (χ4v) is 5.61. The summed E-state index contributed by atoms with van der Waals surface area (Å²) in [7, 11) is 0. The molecule has 252 valence electrons. The van der Waals surface area contributed by atoms with Crippen LogP contribution in [0.5, 0.6) is 0 Å². The maximum absolute atomic E-state index is 12.3. The summed E-state index contributed by atoms with van der Waals surface area (Å²) >= 11 is 0. The Labute approximate surface area is 263 Å². The molecule has 0 radical (unpaired) electrons. The van der Waals surface area contributed by atoms with Crippen LogP contribution < -0.4 is 22.5 Å². The van der Waals surface area contributed by atoms with Crippen molar-refractivity contribution < 1.29 is 24.4 Å². The second kappa shape index (κ2) is 13.6. The van der Waals surface area contributed by atoms with Crippen molar-refractivity contribution in [3.63, 3.8) is 0 Å². The van der Waals surface area contributed by atoms with Crippen LogP contribution in [0.1, 0.15) is 60.2 Å². The van der Waals surface area contributed by atoms with E-state index in [1.807, 2.05) is 0 Å². The van der Waals surface area contributed by atoms with E-state index in [2.05, 4.69) is 40.8 Å². The number of H-pyrrole nitrogens is 2. The number of hydrogen-bond donors (Lipinski definition) is 4. The standard InChI is InChI=1S/C26H34N12O9/c1-13-9-35(25(43)27-23(13)41)21-7-15(17(11-39)46-21)37-31-19(29-33-37)3-5-45-6-4-20-30-34-38(32-20)16-8-22(47-18(16)12-40)36-10-14(2)24(42)28-26(36)44/h9-10,15-18,21-22,39-40H,3-8,11-12H2,1-2H3,(H,27,41,43)(H,28,42,44)/t15-,16-,17+,18+,21+,22+/m0/s1. The molecular weight excluding hydrogens is 624 g/mol. The average molecular weight is 659 g/mol. The van der Waals surface area contributed by atoms with Crippen LogP contribution in [-0.4, -0.2) is 108 Å². The molecule has 2 saturated heterocycles. The van der Waals surface area contributed by atoms with Crippen molar-refractivity contribution >= 4 is 0 Å². The largest absolute Gasteiger partial charge is 0.394 e. The fraction of sp³-hybridized carbons (Fsp3) is 0.615. The smallest absolute Gasteiger partial charge is 0.330 e. The number of aromatic amines is 2. The lowest BCUT2D eigenvalue weighted by molar-refractivity contribution is -0.0333. The molecule has 2 aliphatic heterocycles. The molecule has 2 aliphatic rings. The molecule has 0 unspecified atom stereocenters. The predicted octanol–water partition coefficient (Wildman–Crippen LogP) is -3.18. The number of hydrogen-bond acceptors (Lipinski definition) is 15. The molecule has 21 nitrogen and oxygen atoms in total. The lowest BCUT2D eigenvalue weighted by Crippen LogP contribution is -2.33. The van der Waals surface area contributed by atoms with E-state index in [1.54, 1.807) is 13.8 Å². The van der Waals surface area contributed by atoms with Gasteiger partial charge in [0.05, 0.1) is 26.4 Å². The number of nitrogens with one attached hydrogen (secondary N) is 2. The molecule has 47 heavy (non-hydrogen) atoms. The zero-order chi connectivity index (χ0) is 33.2. The average Bonchev–Trinajstić information content (AvgIpc) is 3.86. The molecule has 6 rings (SSSR count). The third-order valence-electron chi connectivity index (χ3n) is 8.15. The Kier molecular flexibility index (Phi) is 9.31. The Hall–Kier alpha value is -4.70. The summed E-state index contributed by atoms with van der Waals surface area (Å²) < 4.78 is 20.0. The second-order valence-electron chi connectivity index (χ2n) is 11.4. The summed E-state index contributed by atoms with van der Waals surface area (Å²) in [4.78, 5) is 55.3. The van der Waals surface area contributed by atoms with Crippen LogP contribution in [0.15, 0.2) is 31.6 Å². The van der Waals surface area contributed by atoms with Gasteiger partial charge in [-0.15, -0.1) is 20.4 Å². The van der Waals surface area contributed by atoms with E-state index >= 15 is 0 Å². The Morgan fingerprint density at radius 2 is 1.19 bits per heavy atom. The number of tetrazole rings is 2. The first-order valence-corrected chi connectivity index (χ1v) is 15.0. The van der Waals surface area contributed by atoms with Crippen LogP contribution in [0.2, 0.25) is 0 Å². The van der Waals surface area contributed by atoms with Crippen molar-refractivity contribution in [2.75, 3.05) is 26.4 Å². The zero-order valence-electron chi connectivity index (χ0n) is 25.5. The highest BCUT2D eigenvalue weighted by atomic mass is 16.5. The Morgan fingerprint density at radius 3 is 1.60 bits per heavy atom. The molecule has 0 spiro atoms. The quantitative estimate of drug-likeness (QED) is 0.109. The summed E-state index contributed by atoms with van der Waals surface area (Å²) in [6, 6.07) is -0.986. The first-order valence-electron chi connectivity index (χ1n) is 15.0. The Morgan fingerprint density at radius 1 is 0.766 bits per heavy atom. The van der Waals surface area contributed by atoms with Crippen LogP contribution in [0.3, 0.4) is 0 Å². The van der Waals surface area contributed by atoms with Gasteiger partial charge in [-0.25, -0.2) is 9.59 Å².